The molecule has 0 aromatic heterocycles. The maximum Gasteiger partial charge on any atom is 0.122 e. The van der Waals surface area contributed by atoms with E-state index >= 15 is 0 Å². The van der Waals surface area contributed by atoms with Crippen molar-refractivity contribution in [3.8, 4) is 5.75 Å². The number of benzene rings is 1. The van der Waals surface area contributed by atoms with E-state index in [1.807, 2.05) is 6.92 Å². The van der Waals surface area contributed by atoms with E-state index in [1.165, 1.54) is 18.4 Å². The summed E-state index contributed by atoms with van der Waals surface area (Å²) in [6, 6.07) is 4.39. The molecule has 0 unspecified atom stereocenters. The van der Waals surface area contributed by atoms with Crippen molar-refractivity contribution < 1.29 is 5.11 Å². The van der Waals surface area contributed by atoms with Gasteiger partial charge in [-0.25, -0.2) is 0 Å². The highest BCUT2D eigenvalue weighted by Crippen LogP contribution is 2.37. The van der Waals surface area contributed by atoms with Gasteiger partial charge in [-0.2, -0.15) is 0 Å². The number of piperidine rings is 1. The number of phenolic OH excluding ortho intramolecular Hbond substituents is 1. The summed E-state index contributed by atoms with van der Waals surface area (Å²) in [6.07, 6.45) is 2.40. The Balaban J connectivity index is 2.40. The first-order chi connectivity index (χ1) is 8.39. The first kappa shape index (κ1) is 13.4. The van der Waals surface area contributed by atoms with Crippen LogP contribution in [0.2, 0.25) is 0 Å². The van der Waals surface area contributed by atoms with Crippen LogP contribution in [0.1, 0.15) is 56.2 Å². The second-order valence-corrected chi connectivity index (χ2v) is 6.51. The summed E-state index contributed by atoms with van der Waals surface area (Å²) >= 11 is 0. The summed E-state index contributed by atoms with van der Waals surface area (Å²) in [5.74, 6) is 1.12. The zero-order valence-electron chi connectivity index (χ0n) is 12.0. The van der Waals surface area contributed by atoms with Crippen molar-refractivity contribution in [1.29, 1.82) is 0 Å². The van der Waals surface area contributed by atoms with Crippen molar-refractivity contribution in [2.75, 3.05) is 13.1 Å². The lowest BCUT2D eigenvalue weighted by molar-refractivity contribution is 0.436. The molecule has 0 radical (unpaired) electrons. The zero-order valence-corrected chi connectivity index (χ0v) is 12.0. The molecule has 1 heterocycles. The van der Waals surface area contributed by atoms with E-state index in [-0.39, 0.29) is 5.41 Å². The van der Waals surface area contributed by atoms with Gasteiger partial charge in [-0.1, -0.05) is 32.9 Å². The molecular formula is C16H25NO. The lowest BCUT2D eigenvalue weighted by atomic mass is 9.81. The number of aryl methyl sites for hydroxylation is 1. The van der Waals surface area contributed by atoms with Crippen LogP contribution in [0.5, 0.6) is 5.75 Å². The van der Waals surface area contributed by atoms with Crippen LogP contribution in [0.25, 0.3) is 0 Å². The minimum absolute atomic E-state index is 0.00221. The van der Waals surface area contributed by atoms with Crippen LogP contribution in [0.3, 0.4) is 0 Å². The quantitative estimate of drug-likeness (QED) is 0.796. The molecule has 0 amide bonds. The maximum atomic E-state index is 10.2. The first-order valence-corrected chi connectivity index (χ1v) is 6.94. The topological polar surface area (TPSA) is 32.3 Å². The summed E-state index contributed by atoms with van der Waals surface area (Å²) in [5, 5.41) is 13.6. The van der Waals surface area contributed by atoms with Gasteiger partial charge in [0.1, 0.15) is 5.75 Å². The van der Waals surface area contributed by atoms with Gasteiger partial charge in [0.15, 0.2) is 0 Å². The molecule has 0 atom stereocenters. The minimum atomic E-state index is -0.00221. The summed E-state index contributed by atoms with van der Waals surface area (Å²) in [6.45, 7) is 10.7. The lowest BCUT2D eigenvalue weighted by Gasteiger charge is -2.27. The van der Waals surface area contributed by atoms with Crippen LogP contribution in [0.15, 0.2) is 12.1 Å². The second-order valence-electron chi connectivity index (χ2n) is 6.51. The zero-order chi connectivity index (χ0) is 13.3. The maximum absolute atomic E-state index is 10.2. The summed E-state index contributed by atoms with van der Waals surface area (Å²) in [5.41, 5.74) is 3.49. The Hall–Kier alpha value is -1.02. The van der Waals surface area contributed by atoms with Gasteiger partial charge in [0.2, 0.25) is 0 Å². The number of phenols is 1. The summed E-state index contributed by atoms with van der Waals surface area (Å²) < 4.78 is 0. The van der Waals surface area contributed by atoms with Gasteiger partial charge < -0.3 is 10.4 Å². The lowest BCUT2D eigenvalue weighted by Crippen LogP contribution is -2.27. The van der Waals surface area contributed by atoms with E-state index in [1.54, 1.807) is 0 Å². The molecule has 1 aliphatic heterocycles. The molecule has 0 aliphatic carbocycles. The van der Waals surface area contributed by atoms with Crippen molar-refractivity contribution in [3.05, 3.63) is 28.8 Å². The molecule has 2 heteroatoms. The Morgan fingerprint density at radius 1 is 1.17 bits per heavy atom. The molecule has 0 bridgehead atoms. The molecule has 0 spiro atoms. The summed E-state index contributed by atoms with van der Waals surface area (Å²) in [4.78, 5) is 0. The molecule has 18 heavy (non-hydrogen) atoms. The average Bonchev–Trinajstić information content (AvgIpc) is 2.32. The van der Waals surface area contributed by atoms with Gasteiger partial charge >= 0.3 is 0 Å². The number of hydrogen-bond acceptors (Lipinski definition) is 2. The highest BCUT2D eigenvalue weighted by Gasteiger charge is 2.23. The van der Waals surface area contributed by atoms with Gasteiger partial charge in [0, 0.05) is 0 Å². The Morgan fingerprint density at radius 2 is 1.78 bits per heavy atom. The average molecular weight is 247 g/mol. The summed E-state index contributed by atoms with van der Waals surface area (Å²) in [7, 11) is 0. The Labute approximate surface area is 110 Å². The Bertz CT molecular complexity index is 425. The molecule has 1 saturated heterocycles. The molecule has 2 nitrogen and oxygen atoms in total. The van der Waals surface area contributed by atoms with Crippen molar-refractivity contribution in [2.45, 2.75) is 51.9 Å². The first-order valence-electron chi connectivity index (χ1n) is 6.94. The van der Waals surface area contributed by atoms with E-state index in [2.05, 4.69) is 38.2 Å². The standard InChI is InChI=1S/C16H25NO/c1-11-9-13(12-5-7-17-8-6-12)10-14(15(11)18)16(2,3)4/h9-10,12,17-18H,5-8H2,1-4H3. The van der Waals surface area contributed by atoms with Gasteiger partial charge in [-0.05, 0) is 60.9 Å². The molecule has 1 aliphatic rings. The monoisotopic (exact) mass is 247 g/mol. The molecule has 2 N–H and O–H groups in total. The van der Waals surface area contributed by atoms with Crippen LogP contribution in [0, 0.1) is 6.92 Å². The van der Waals surface area contributed by atoms with Crippen LogP contribution >= 0.6 is 0 Å². The second kappa shape index (κ2) is 4.93. The van der Waals surface area contributed by atoms with Crippen molar-refractivity contribution >= 4 is 0 Å². The number of aromatic hydroxyl groups is 1. The third-order valence-electron chi connectivity index (χ3n) is 3.94. The van der Waals surface area contributed by atoms with Gasteiger partial charge in [-0.15, -0.1) is 0 Å². The van der Waals surface area contributed by atoms with E-state index in [4.69, 9.17) is 0 Å². The predicted octanol–water partition coefficient (Wildman–Crippen LogP) is 3.47. The SMILES string of the molecule is Cc1cc(C2CCNCC2)cc(C(C)(C)C)c1O. The van der Waals surface area contributed by atoms with E-state index < -0.39 is 0 Å². The van der Waals surface area contributed by atoms with Crippen molar-refractivity contribution in [1.82, 2.24) is 5.32 Å². The van der Waals surface area contributed by atoms with E-state index in [0.717, 1.165) is 24.2 Å². The third-order valence-corrected chi connectivity index (χ3v) is 3.94. The Morgan fingerprint density at radius 3 is 2.33 bits per heavy atom. The fraction of sp³-hybridized carbons (Fsp3) is 0.625. The highest BCUT2D eigenvalue weighted by atomic mass is 16.3. The normalized spacial score (nSPS) is 18.0. The van der Waals surface area contributed by atoms with Crippen molar-refractivity contribution in [2.24, 2.45) is 0 Å². The van der Waals surface area contributed by atoms with E-state index in [9.17, 15) is 5.11 Å². The molecule has 100 valence electrons. The smallest absolute Gasteiger partial charge is 0.122 e. The molecular weight excluding hydrogens is 222 g/mol. The number of nitrogens with one attached hydrogen (secondary N) is 1. The number of rotatable bonds is 1. The minimum Gasteiger partial charge on any atom is -0.507 e. The fourth-order valence-electron chi connectivity index (χ4n) is 2.77. The molecule has 1 aromatic carbocycles. The van der Waals surface area contributed by atoms with Crippen LogP contribution in [0.4, 0.5) is 0 Å². The molecule has 0 saturated carbocycles. The Kier molecular flexibility index (Phi) is 3.67. The van der Waals surface area contributed by atoms with Crippen LogP contribution in [-0.2, 0) is 5.41 Å². The van der Waals surface area contributed by atoms with Crippen LogP contribution < -0.4 is 5.32 Å². The van der Waals surface area contributed by atoms with Gasteiger partial charge in [-0.3, -0.25) is 0 Å². The molecule has 2 rings (SSSR count). The number of hydrogen-bond donors (Lipinski definition) is 2. The largest absolute Gasteiger partial charge is 0.507 e. The molecule has 1 aromatic rings. The third kappa shape index (κ3) is 2.69. The highest BCUT2D eigenvalue weighted by molar-refractivity contribution is 5.47. The predicted molar refractivity (Wildman–Crippen MR) is 76.4 cm³/mol. The van der Waals surface area contributed by atoms with E-state index in [0.29, 0.717) is 11.7 Å². The molecule has 1 fully saturated rings. The van der Waals surface area contributed by atoms with Gasteiger partial charge in [0.05, 0.1) is 0 Å². The van der Waals surface area contributed by atoms with Crippen molar-refractivity contribution in [3.63, 3.8) is 0 Å². The van der Waals surface area contributed by atoms with Gasteiger partial charge in [0.25, 0.3) is 0 Å². The van der Waals surface area contributed by atoms with Crippen LogP contribution in [-0.4, -0.2) is 18.2 Å². The fourth-order valence-corrected chi connectivity index (χ4v) is 2.77.